The van der Waals surface area contributed by atoms with E-state index in [0.717, 1.165) is 16.8 Å². The average molecular weight is 216 g/mol. The molecule has 1 amide bonds. The minimum atomic E-state index is -0.262. The van der Waals surface area contributed by atoms with Gasteiger partial charge >= 0.3 is 0 Å². The third-order valence-corrected chi connectivity index (χ3v) is 2.31. The van der Waals surface area contributed by atoms with Crippen molar-refractivity contribution in [2.24, 2.45) is 0 Å². The lowest BCUT2D eigenvalue weighted by Gasteiger charge is -2.07. The Morgan fingerprint density at radius 2 is 2.19 bits per heavy atom. The predicted octanol–water partition coefficient (Wildman–Crippen LogP) is 2.54. The summed E-state index contributed by atoms with van der Waals surface area (Å²) in [5.74, 6) is -0.262. The van der Waals surface area contributed by atoms with Gasteiger partial charge in [0.1, 0.15) is 6.26 Å². The summed E-state index contributed by atoms with van der Waals surface area (Å²) in [4.78, 5) is 15.5. The highest BCUT2D eigenvalue weighted by Gasteiger charge is 2.10. The molecule has 2 rings (SSSR count). The molecular formula is C12H12N2O2. The maximum absolute atomic E-state index is 11.7. The van der Waals surface area contributed by atoms with Crippen LogP contribution in [-0.2, 0) is 0 Å². The molecule has 1 N–H and O–H groups in total. The van der Waals surface area contributed by atoms with Crippen LogP contribution in [0.1, 0.15) is 21.6 Å². The van der Waals surface area contributed by atoms with Crippen molar-refractivity contribution in [1.29, 1.82) is 0 Å². The molecule has 0 aliphatic carbocycles. The monoisotopic (exact) mass is 216 g/mol. The SMILES string of the molecule is Cc1ccc(C)c(NC(=O)c2cocn2)c1. The van der Waals surface area contributed by atoms with Crippen molar-refractivity contribution >= 4 is 11.6 Å². The summed E-state index contributed by atoms with van der Waals surface area (Å²) < 4.78 is 4.76. The number of benzene rings is 1. The lowest BCUT2D eigenvalue weighted by Crippen LogP contribution is -2.13. The fraction of sp³-hybridized carbons (Fsp3) is 0.167. The molecule has 0 fully saturated rings. The second-order valence-electron chi connectivity index (χ2n) is 3.65. The van der Waals surface area contributed by atoms with Crippen molar-refractivity contribution < 1.29 is 9.21 Å². The number of aromatic nitrogens is 1. The highest BCUT2D eigenvalue weighted by molar-refractivity contribution is 6.03. The fourth-order valence-electron chi connectivity index (χ4n) is 1.38. The van der Waals surface area contributed by atoms with Crippen molar-refractivity contribution in [3.8, 4) is 0 Å². The lowest BCUT2D eigenvalue weighted by molar-refractivity contribution is 0.102. The third kappa shape index (κ3) is 2.11. The summed E-state index contributed by atoms with van der Waals surface area (Å²) in [6, 6.07) is 5.89. The number of hydrogen-bond donors (Lipinski definition) is 1. The molecule has 82 valence electrons. The first-order valence-corrected chi connectivity index (χ1v) is 4.93. The Labute approximate surface area is 93.3 Å². The second kappa shape index (κ2) is 4.18. The number of oxazole rings is 1. The predicted molar refractivity (Wildman–Crippen MR) is 60.4 cm³/mol. The van der Waals surface area contributed by atoms with Crippen LogP contribution in [0.3, 0.4) is 0 Å². The fourth-order valence-corrected chi connectivity index (χ4v) is 1.38. The van der Waals surface area contributed by atoms with Gasteiger partial charge in [-0.15, -0.1) is 0 Å². The van der Waals surface area contributed by atoms with E-state index in [0.29, 0.717) is 0 Å². The molecule has 0 bridgehead atoms. The number of carbonyl (C=O) groups is 1. The normalized spacial score (nSPS) is 10.1. The number of nitrogens with zero attached hydrogens (tertiary/aromatic N) is 1. The number of nitrogens with one attached hydrogen (secondary N) is 1. The molecule has 1 aromatic carbocycles. The molecule has 0 saturated heterocycles. The van der Waals surface area contributed by atoms with Crippen LogP contribution in [0.2, 0.25) is 0 Å². The molecule has 4 heteroatoms. The van der Waals surface area contributed by atoms with E-state index in [1.807, 2.05) is 32.0 Å². The summed E-state index contributed by atoms with van der Waals surface area (Å²) in [5.41, 5.74) is 3.19. The van der Waals surface area contributed by atoms with Gasteiger partial charge in [0.15, 0.2) is 12.1 Å². The number of amides is 1. The molecule has 0 saturated carbocycles. The molecular weight excluding hydrogens is 204 g/mol. The summed E-state index contributed by atoms with van der Waals surface area (Å²) in [6.45, 7) is 3.92. The second-order valence-corrected chi connectivity index (χ2v) is 3.65. The Kier molecular flexibility index (Phi) is 2.72. The summed E-state index contributed by atoms with van der Waals surface area (Å²) in [5, 5.41) is 2.79. The molecule has 0 aliphatic heterocycles. The van der Waals surface area contributed by atoms with Crippen molar-refractivity contribution in [3.05, 3.63) is 47.7 Å². The molecule has 2 aromatic rings. The van der Waals surface area contributed by atoms with E-state index < -0.39 is 0 Å². The minimum Gasteiger partial charge on any atom is -0.451 e. The zero-order chi connectivity index (χ0) is 11.5. The Morgan fingerprint density at radius 3 is 2.88 bits per heavy atom. The topological polar surface area (TPSA) is 55.1 Å². The molecule has 1 aromatic heterocycles. The summed E-state index contributed by atoms with van der Waals surface area (Å²) in [7, 11) is 0. The number of hydrogen-bond acceptors (Lipinski definition) is 3. The van der Waals surface area contributed by atoms with E-state index in [-0.39, 0.29) is 11.6 Å². The quantitative estimate of drug-likeness (QED) is 0.839. The molecule has 0 atom stereocenters. The zero-order valence-electron chi connectivity index (χ0n) is 9.15. The Morgan fingerprint density at radius 1 is 1.38 bits per heavy atom. The van der Waals surface area contributed by atoms with E-state index in [9.17, 15) is 4.79 Å². The van der Waals surface area contributed by atoms with E-state index in [4.69, 9.17) is 4.42 Å². The number of aryl methyl sites for hydroxylation is 2. The van der Waals surface area contributed by atoms with Crippen molar-refractivity contribution in [2.45, 2.75) is 13.8 Å². The first-order valence-electron chi connectivity index (χ1n) is 4.93. The van der Waals surface area contributed by atoms with Crippen molar-refractivity contribution in [3.63, 3.8) is 0 Å². The molecule has 0 spiro atoms. The minimum absolute atomic E-state index is 0.262. The molecule has 4 nitrogen and oxygen atoms in total. The van der Waals surface area contributed by atoms with Gasteiger partial charge < -0.3 is 9.73 Å². The first-order chi connectivity index (χ1) is 7.66. The van der Waals surface area contributed by atoms with Crippen LogP contribution in [0.5, 0.6) is 0 Å². The van der Waals surface area contributed by atoms with Crippen LogP contribution in [0, 0.1) is 13.8 Å². The molecule has 0 aliphatic rings. The molecule has 16 heavy (non-hydrogen) atoms. The lowest BCUT2D eigenvalue weighted by atomic mass is 10.1. The van der Waals surface area contributed by atoms with Gasteiger partial charge in [-0.3, -0.25) is 4.79 Å². The van der Waals surface area contributed by atoms with Gasteiger partial charge in [0, 0.05) is 5.69 Å². The number of anilines is 1. The van der Waals surface area contributed by atoms with Crippen LogP contribution >= 0.6 is 0 Å². The first kappa shape index (κ1) is 10.4. The van der Waals surface area contributed by atoms with Gasteiger partial charge in [-0.2, -0.15) is 0 Å². The van der Waals surface area contributed by atoms with E-state index >= 15 is 0 Å². The van der Waals surface area contributed by atoms with E-state index in [1.54, 1.807) is 0 Å². The smallest absolute Gasteiger partial charge is 0.277 e. The van der Waals surface area contributed by atoms with Crippen LogP contribution < -0.4 is 5.32 Å². The Bertz CT molecular complexity index is 504. The third-order valence-electron chi connectivity index (χ3n) is 2.31. The average Bonchev–Trinajstić information content (AvgIpc) is 2.76. The van der Waals surface area contributed by atoms with Gasteiger partial charge in [0.05, 0.1) is 0 Å². The van der Waals surface area contributed by atoms with Gasteiger partial charge in [0.25, 0.3) is 5.91 Å². The maximum atomic E-state index is 11.7. The standard InChI is InChI=1S/C12H12N2O2/c1-8-3-4-9(2)10(5-8)14-12(15)11-6-16-7-13-11/h3-7H,1-2H3,(H,14,15). The van der Waals surface area contributed by atoms with Gasteiger partial charge in [0.2, 0.25) is 0 Å². The van der Waals surface area contributed by atoms with Crippen LogP contribution in [0.4, 0.5) is 5.69 Å². The molecule has 1 heterocycles. The van der Waals surface area contributed by atoms with Crippen LogP contribution in [0.25, 0.3) is 0 Å². The van der Waals surface area contributed by atoms with Gasteiger partial charge in [-0.05, 0) is 31.0 Å². The molecule has 0 unspecified atom stereocenters. The highest BCUT2D eigenvalue weighted by Crippen LogP contribution is 2.17. The van der Waals surface area contributed by atoms with E-state index in [2.05, 4.69) is 10.3 Å². The van der Waals surface area contributed by atoms with Gasteiger partial charge in [-0.25, -0.2) is 4.98 Å². The van der Waals surface area contributed by atoms with Crippen molar-refractivity contribution in [1.82, 2.24) is 4.98 Å². The number of rotatable bonds is 2. The Hall–Kier alpha value is -2.10. The zero-order valence-corrected chi connectivity index (χ0v) is 9.15. The number of carbonyl (C=O) groups excluding carboxylic acids is 1. The largest absolute Gasteiger partial charge is 0.451 e. The van der Waals surface area contributed by atoms with Crippen LogP contribution in [0.15, 0.2) is 35.3 Å². The highest BCUT2D eigenvalue weighted by atomic mass is 16.3. The Balaban J connectivity index is 2.21. The maximum Gasteiger partial charge on any atom is 0.277 e. The van der Waals surface area contributed by atoms with Crippen LogP contribution in [-0.4, -0.2) is 10.9 Å². The van der Waals surface area contributed by atoms with Gasteiger partial charge in [-0.1, -0.05) is 12.1 Å². The summed E-state index contributed by atoms with van der Waals surface area (Å²) in [6.07, 6.45) is 2.55. The van der Waals surface area contributed by atoms with E-state index in [1.165, 1.54) is 12.7 Å². The van der Waals surface area contributed by atoms with Crippen molar-refractivity contribution in [2.75, 3.05) is 5.32 Å². The summed E-state index contributed by atoms with van der Waals surface area (Å²) >= 11 is 0. The molecule has 0 radical (unpaired) electrons.